The van der Waals surface area contributed by atoms with Crippen LogP contribution in [0.4, 0.5) is 0 Å². The van der Waals surface area contributed by atoms with Crippen molar-refractivity contribution in [3.8, 4) is 5.75 Å². The Labute approximate surface area is 123 Å². The molecular weight excluding hydrogens is 270 g/mol. The molecule has 0 spiro atoms. The predicted octanol–water partition coefficient (Wildman–Crippen LogP) is 1.78. The third-order valence-electron chi connectivity index (χ3n) is 4.68. The number of rotatable bonds is 3. The van der Waals surface area contributed by atoms with Gasteiger partial charge in [-0.15, -0.1) is 0 Å². The van der Waals surface area contributed by atoms with Gasteiger partial charge in [-0.05, 0) is 43.4 Å². The summed E-state index contributed by atoms with van der Waals surface area (Å²) in [5.74, 6) is 0.669. The molecule has 1 amide bonds. The van der Waals surface area contributed by atoms with Crippen LogP contribution in [-0.2, 0) is 9.53 Å². The minimum absolute atomic E-state index is 0.126. The molecule has 4 rings (SSSR count). The number of amides is 1. The molecule has 1 saturated carbocycles. The second kappa shape index (κ2) is 4.76. The number of benzene rings is 1. The van der Waals surface area contributed by atoms with Crippen LogP contribution in [0.5, 0.6) is 5.75 Å². The van der Waals surface area contributed by atoms with Crippen molar-refractivity contribution < 1.29 is 19.1 Å². The number of methoxy groups -OCH3 is 2. The summed E-state index contributed by atoms with van der Waals surface area (Å²) in [7, 11) is 2.96. The molecule has 1 aliphatic carbocycles. The van der Waals surface area contributed by atoms with Crippen molar-refractivity contribution in [2.45, 2.75) is 25.3 Å². The SMILES string of the molecule is COC(=O)C12CC(CN1C(=O)c1ccc(C)c(OC)c1)C2. The lowest BCUT2D eigenvalue weighted by Crippen LogP contribution is -2.55. The first-order valence-electron chi connectivity index (χ1n) is 7.07. The molecule has 0 atom stereocenters. The molecule has 2 aliphatic heterocycles. The van der Waals surface area contributed by atoms with Crippen LogP contribution in [0.15, 0.2) is 18.2 Å². The molecule has 0 radical (unpaired) electrons. The van der Waals surface area contributed by atoms with Gasteiger partial charge in [0.15, 0.2) is 0 Å². The van der Waals surface area contributed by atoms with Crippen LogP contribution in [0.25, 0.3) is 0 Å². The van der Waals surface area contributed by atoms with E-state index >= 15 is 0 Å². The van der Waals surface area contributed by atoms with E-state index in [0.29, 0.717) is 36.6 Å². The fourth-order valence-electron chi connectivity index (χ4n) is 3.53. The summed E-state index contributed by atoms with van der Waals surface area (Å²) in [5.41, 5.74) is 0.782. The Morgan fingerprint density at radius 3 is 2.62 bits per heavy atom. The number of hydrogen-bond acceptors (Lipinski definition) is 4. The first-order chi connectivity index (χ1) is 10.0. The monoisotopic (exact) mass is 289 g/mol. The Balaban J connectivity index is 1.90. The van der Waals surface area contributed by atoms with Crippen molar-refractivity contribution in [2.75, 3.05) is 20.8 Å². The van der Waals surface area contributed by atoms with E-state index in [2.05, 4.69) is 0 Å². The van der Waals surface area contributed by atoms with E-state index in [4.69, 9.17) is 9.47 Å². The summed E-state index contributed by atoms with van der Waals surface area (Å²) in [5, 5.41) is 0. The van der Waals surface area contributed by atoms with E-state index < -0.39 is 5.54 Å². The lowest BCUT2D eigenvalue weighted by Gasteiger charge is -2.38. The van der Waals surface area contributed by atoms with Crippen molar-refractivity contribution in [3.05, 3.63) is 29.3 Å². The molecular formula is C16H19NO4. The Morgan fingerprint density at radius 1 is 1.29 bits per heavy atom. The lowest BCUT2D eigenvalue weighted by atomic mass is 9.73. The fourth-order valence-corrected chi connectivity index (χ4v) is 3.53. The third-order valence-corrected chi connectivity index (χ3v) is 4.68. The Morgan fingerprint density at radius 2 is 2.00 bits per heavy atom. The van der Waals surface area contributed by atoms with Crippen LogP contribution in [0.1, 0.15) is 28.8 Å². The van der Waals surface area contributed by atoms with Crippen LogP contribution < -0.4 is 4.74 Å². The average Bonchev–Trinajstić information content (AvgIpc) is 3.02. The van der Waals surface area contributed by atoms with Gasteiger partial charge in [-0.3, -0.25) is 4.79 Å². The standard InChI is InChI=1S/C16H19NO4/c1-10-4-5-12(6-13(10)20-2)14(18)17-9-11-7-16(17,8-11)15(19)21-3/h4-6,11H,7-9H2,1-3H3. The highest BCUT2D eigenvalue weighted by atomic mass is 16.5. The second-order valence-electron chi connectivity index (χ2n) is 5.90. The lowest BCUT2D eigenvalue weighted by molar-refractivity contribution is -0.155. The highest BCUT2D eigenvalue weighted by Gasteiger charge is 2.63. The zero-order valence-electron chi connectivity index (χ0n) is 12.5. The zero-order valence-corrected chi connectivity index (χ0v) is 12.5. The first-order valence-corrected chi connectivity index (χ1v) is 7.07. The van der Waals surface area contributed by atoms with Gasteiger partial charge in [0.25, 0.3) is 5.91 Å². The largest absolute Gasteiger partial charge is 0.496 e. The van der Waals surface area contributed by atoms with E-state index in [0.717, 1.165) is 5.56 Å². The van der Waals surface area contributed by atoms with Gasteiger partial charge >= 0.3 is 5.97 Å². The van der Waals surface area contributed by atoms with Crippen LogP contribution in [0.2, 0.25) is 0 Å². The number of ether oxygens (including phenoxy) is 2. The van der Waals surface area contributed by atoms with Crippen molar-refractivity contribution in [1.29, 1.82) is 0 Å². The fraction of sp³-hybridized carbons (Fsp3) is 0.500. The number of carbonyl (C=O) groups excluding carboxylic acids is 2. The summed E-state index contributed by atoms with van der Waals surface area (Å²) in [4.78, 5) is 26.5. The predicted molar refractivity (Wildman–Crippen MR) is 76.2 cm³/mol. The number of nitrogens with zero attached hydrogens (tertiary/aromatic N) is 1. The van der Waals surface area contributed by atoms with Gasteiger partial charge in [-0.25, -0.2) is 4.79 Å². The second-order valence-corrected chi connectivity index (χ2v) is 5.90. The minimum atomic E-state index is -0.741. The average molecular weight is 289 g/mol. The molecule has 3 fully saturated rings. The maximum absolute atomic E-state index is 12.8. The van der Waals surface area contributed by atoms with Crippen molar-refractivity contribution in [3.63, 3.8) is 0 Å². The van der Waals surface area contributed by atoms with Crippen molar-refractivity contribution in [2.24, 2.45) is 5.92 Å². The summed E-state index contributed by atoms with van der Waals surface area (Å²) in [6.45, 7) is 2.56. The normalized spacial score (nSPS) is 26.2. The van der Waals surface area contributed by atoms with Crippen LogP contribution >= 0.6 is 0 Å². The number of hydrogen-bond donors (Lipinski definition) is 0. The maximum atomic E-state index is 12.8. The number of aryl methyl sites for hydroxylation is 1. The Bertz CT molecular complexity index is 604. The molecule has 2 heterocycles. The van der Waals surface area contributed by atoms with Crippen molar-refractivity contribution >= 4 is 11.9 Å². The van der Waals surface area contributed by atoms with Gasteiger partial charge in [0.1, 0.15) is 11.3 Å². The van der Waals surface area contributed by atoms with Gasteiger partial charge in [-0.2, -0.15) is 0 Å². The number of esters is 1. The van der Waals surface area contributed by atoms with Gasteiger partial charge in [0.05, 0.1) is 14.2 Å². The molecule has 21 heavy (non-hydrogen) atoms. The van der Waals surface area contributed by atoms with E-state index in [1.807, 2.05) is 13.0 Å². The van der Waals surface area contributed by atoms with Crippen molar-refractivity contribution in [1.82, 2.24) is 4.90 Å². The van der Waals surface area contributed by atoms with E-state index in [1.165, 1.54) is 7.11 Å². The summed E-state index contributed by atoms with van der Waals surface area (Å²) < 4.78 is 10.2. The van der Waals surface area contributed by atoms with Crippen LogP contribution in [-0.4, -0.2) is 43.1 Å². The molecule has 2 bridgehead atoms. The van der Waals surface area contributed by atoms with Gasteiger partial charge in [0.2, 0.25) is 0 Å². The van der Waals surface area contributed by atoms with Gasteiger partial charge in [-0.1, -0.05) is 6.07 Å². The highest BCUT2D eigenvalue weighted by molar-refractivity contribution is 5.99. The summed E-state index contributed by atoms with van der Waals surface area (Å²) in [6.07, 6.45) is 1.43. The molecule has 0 unspecified atom stereocenters. The van der Waals surface area contributed by atoms with E-state index in [-0.39, 0.29) is 11.9 Å². The van der Waals surface area contributed by atoms with E-state index in [9.17, 15) is 9.59 Å². The molecule has 1 aromatic rings. The van der Waals surface area contributed by atoms with Gasteiger partial charge < -0.3 is 14.4 Å². The first kappa shape index (κ1) is 13.9. The molecule has 1 aromatic carbocycles. The Kier molecular flexibility index (Phi) is 3.15. The third kappa shape index (κ3) is 1.91. The summed E-state index contributed by atoms with van der Waals surface area (Å²) >= 11 is 0. The zero-order chi connectivity index (χ0) is 15.2. The Hall–Kier alpha value is -2.04. The van der Waals surface area contributed by atoms with Gasteiger partial charge in [0, 0.05) is 12.1 Å². The topological polar surface area (TPSA) is 55.8 Å². The summed E-state index contributed by atoms with van der Waals surface area (Å²) in [6, 6.07) is 5.37. The number of carbonyl (C=O) groups is 2. The molecule has 5 heteroatoms. The quantitative estimate of drug-likeness (QED) is 0.796. The number of fused-ring (bicyclic) bond motifs is 1. The highest BCUT2D eigenvalue weighted by Crippen LogP contribution is 2.51. The molecule has 112 valence electrons. The van der Waals surface area contributed by atoms with Crippen LogP contribution in [0.3, 0.4) is 0 Å². The maximum Gasteiger partial charge on any atom is 0.331 e. The molecule has 0 N–H and O–H groups in total. The molecule has 3 aliphatic rings. The van der Waals surface area contributed by atoms with Crippen LogP contribution in [0, 0.1) is 12.8 Å². The van der Waals surface area contributed by atoms with E-state index in [1.54, 1.807) is 24.1 Å². The molecule has 5 nitrogen and oxygen atoms in total. The molecule has 2 saturated heterocycles. The smallest absolute Gasteiger partial charge is 0.331 e. The molecule has 0 aromatic heterocycles. The minimum Gasteiger partial charge on any atom is -0.496 e.